The van der Waals surface area contributed by atoms with Crippen LogP contribution >= 0.6 is 0 Å². The first-order valence-corrected chi connectivity index (χ1v) is 7.60. The molecule has 0 saturated carbocycles. The summed E-state index contributed by atoms with van der Waals surface area (Å²) in [6, 6.07) is 8.22. The number of aryl methyl sites for hydroxylation is 1. The van der Waals surface area contributed by atoms with E-state index in [9.17, 15) is 4.79 Å². The number of aliphatic hydroxyl groups is 1. The SMILES string of the molecule is CCOC(=O)Cc1ccc(CCCCCCCO)cc1. The van der Waals surface area contributed by atoms with Crippen molar-refractivity contribution in [2.45, 2.75) is 51.9 Å². The van der Waals surface area contributed by atoms with Crippen molar-refractivity contribution in [2.75, 3.05) is 13.2 Å². The number of esters is 1. The number of carbonyl (C=O) groups excluding carboxylic acids is 1. The zero-order valence-corrected chi connectivity index (χ0v) is 12.4. The smallest absolute Gasteiger partial charge is 0.310 e. The molecule has 0 saturated heterocycles. The van der Waals surface area contributed by atoms with Gasteiger partial charge in [0, 0.05) is 6.61 Å². The van der Waals surface area contributed by atoms with Crippen LogP contribution in [-0.4, -0.2) is 24.3 Å². The largest absolute Gasteiger partial charge is 0.466 e. The lowest BCUT2D eigenvalue weighted by atomic mass is 10.0. The highest BCUT2D eigenvalue weighted by atomic mass is 16.5. The topological polar surface area (TPSA) is 46.5 Å². The first-order chi connectivity index (χ1) is 9.76. The van der Waals surface area contributed by atoms with Crippen molar-refractivity contribution < 1.29 is 14.6 Å². The molecule has 3 nitrogen and oxygen atoms in total. The van der Waals surface area contributed by atoms with E-state index in [0.717, 1.165) is 24.8 Å². The van der Waals surface area contributed by atoms with Crippen molar-refractivity contribution in [3.63, 3.8) is 0 Å². The van der Waals surface area contributed by atoms with Crippen molar-refractivity contribution >= 4 is 5.97 Å². The number of benzene rings is 1. The van der Waals surface area contributed by atoms with Gasteiger partial charge >= 0.3 is 5.97 Å². The molecule has 0 aliphatic rings. The van der Waals surface area contributed by atoms with Gasteiger partial charge in [0.05, 0.1) is 13.0 Å². The zero-order valence-electron chi connectivity index (χ0n) is 12.4. The number of rotatable bonds is 10. The summed E-state index contributed by atoms with van der Waals surface area (Å²) in [6.45, 7) is 2.57. The molecule has 20 heavy (non-hydrogen) atoms. The van der Waals surface area contributed by atoms with Crippen molar-refractivity contribution in [3.8, 4) is 0 Å². The Morgan fingerprint density at radius 1 is 1.00 bits per heavy atom. The molecule has 0 aliphatic carbocycles. The molecular formula is C17H26O3. The Bertz CT molecular complexity index is 370. The lowest BCUT2D eigenvalue weighted by Gasteiger charge is -2.05. The van der Waals surface area contributed by atoms with Crippen LogP contribution in [0.2, 0.25) is 0 Å². The van der Waals surface area contributed by atoms with Crippen LogP contribution in [0.15, 0.2) is 24.3 Å². The Labute approximate surface area is 122 Å². The van der Waals surface area contributed by atoms with Crippen LogP contribution in [0.1, 0.15) is 50.2 Å². The van der Waals surface area contributed by atoms with Crippen LogP contribution in [0, 0.1) is 0 Å². The molecule has 0 radical (unpaired) electrons. The maximum Gasteiger partial charge on any atom is 0.310 e. The summed E-state index contributed by atoms with van der Waals surface area (Å²) in [7, 11) is 0. The molecule has 0 amide bonds. The van der Waals surface area contributed by atoms with Crippen LogP contribution < -0.4 is 0 Å². The zero-order chi connectivity index (χ0) is 14.6. The Hall–Kier alpha value is -1.35. The van der Waals surface area contributed by atoms with E-state index in [1.54, 1.807) is 0 Å². The van der Waals surface area contributed by atoms with Gasteiger partial charge in [-0.1, -0.05) is 43.5 Å². The summed E-state index contributed by atoms with van der Waals surface area (Å²) >= 11 is 0. The van der Waals surface area contributed by atoms with E-state index in [2.05, 4.69) is 12.1 Å². The third-order valence-electron chi connectivity index (χ3n) is 3.30. The second-order valence-electron chi connectivity index (χ2n) is 5.04. The molecule has 3 heteroatoms. The van der Waals surface area contributed by atoms with Crippen molar-refractivity contribution in [1.29, 1.82) is 0 Å². The monoisotopic (exact) mass is 278 g/mol. The lowest BCUT2D eigenvalue weighted by Crippen LogP contribution is -2.07. The number of hydrogen-bond donors (Lipinski definition) is 1. The molecule has 0 spiro atoms. The Morgan fingerprint density at radius 3 is 2.25 bits per heavy atom. The molecule has 112 valence electrons. The number of unbranched alkanes of at least 4 members (excludes halogenated alkanes) is 4. The quantitative estimate of drug-likeness (QED) is 0.528. The standard InChI is InChI=1S/C17H26O3/c1-2-20-17(19)14-16-11-9-15(10-12-16)8-6-4-3-5-7-13-18/h9-12,18H,2-8,13-14H2,1H3. The molecule has 0 unspecified atom stereocenters. The van der Waals surface area contributed by atoms with Gasteiger partial charge < -0.3 is 9.84 Å². The van der Waals surface area contributed by atoms with E-state index in [1.807, 2.05) is 19.1 Å². The van der Waals surface area contributed by atoms with Gasteiger partial charge in [0.1, 0.15) is 0 Å². The predicted octanol–water partition coefficient (Wildman–Crippen LogP) is 3.28. The second kappa shape index (κ2) is 10.4. The van der Waals surface area contributed by atoms with Crippen LogP contribution in [0.3, 0.4) is 0 Å². The van der Waals surface area contributed by atoms with E-state index in [4.69, 9.17) is 9.84 Å². The third-order valence-corrected chi connectivity index (χ3v) is 3.30. The van der Waals surface area contributed by atoms with E-state index in [-0.39, 0.29) is 5.97 Å². The first-order valence-electron chi connectivity index (χ1n) is 7.60. The maximum absolute atomic E-state index is 11.4. The molecular weight excluding hydrogens is 252 g/mol. The van der Waals surface area contributed by atoms with Gasteiger partial charge in [-0.3, -0.25) is 4.79 Å². The summed E-state index contributed by atoms with van der Waals surface area (Å²) in [5.74, 6) is -0.163. The number of hydrogen-bond acceptors (Lipinski definition) is 3. The molecule has 1 aromatic rings. The minimum Gasteiger partial charge on any atom is -0.466 e. The van der Waals surface area contributed by atoms with Crippen molar-refractivity contribution in [2.24, 2.45) is 0 Å². The van der Waals surface area contributed by atoms with Crippen molar-refractivity contribution in [3.05, 3.63) is 35.4 Å². The maximum atomic E-state index is 11.4. The predicted molar refractivity (Wildman–Crippen MR) is 80.7 cm³/mol. The molecule has 0 fully saturated rings. The molecule has 1 rings (SSSR count). The van der Waals surface area contributed by atoms with Crippen molar-refractivity contribution in [1.82, 2.24) is 0 Å². The van der Waals surface area contributed by atoms with E-state index in [1.165, 1.54) is 24.8 Å². The highest BCUT2D eigenvalue weighted by molar-refractivity contribution is 5.72. The fourth-order valence-corrected chi connectivity index (χ4v) is 2.17. The van der Waals surface area contributed by atoms with Crippen LogP contribution in [-0.2, 0) is 22.4 Å². The molecule has 0 aromatic heterocycles. The summed E-state index contributed by atoms with van der Waals surface area (Å²) in [4.78, 5) is 11.4. The number of ether oxygens (including phenoxy) is 1. The fraction of sp³-hybridized carbons (Fsp3) is 0.588. The van der Waals surface area contributed by atoms with Crippen LogP contribution in [0.5, 0.6) is 0 Å². The molecule has 0 heterocycles. The van der Waals surface area contributed by atoms with Gasteiger partial charge in [0.25, 0.3) is 0 Å². The van der Waals surface area contributed by atoms with E-state index in [0.29, 0.717) is 19.6 Å². The Morgan fingerprint density at radius 2 is 1.60 bits per heavy atom. The van der Waals surface area contributed by atoms with Gasteiger partial charge in [0.2, 0.25) is 0 Å². The van der Waals surface area contributed by atoms with Gasteiger partial charge in [-0.2, -0.15) is 0 Å². The minimum atomic E-state index is -0.163. The molecule has 0 atom stereocenters. The highest BCUT2D eigenvalue weighted by Gasteiger charge is 2.03. The molecule has 1 aromatic carbocycles. The van der Waals surface area contributed by atoms with Crippen LogP contribution in [0.4, 0.5) is 0 Å². The van der Waals surface area contributed by atoms with Crippen LogP contribution in [0.25, 0.3) is 0 Å². The van der Waals surface area contributed by atoms with Gasteiger partial charge in [-0.15, -0.1) is 0 Å². The second-order valence-corrected chi connectivity index (χ2v) is 5.04. The molecule has 0 bridgehead atoms. The number of carbonyl (C=O) groups is 1. The highest BCUT2D eigenvalue weighted by Crippen LogP contribution is 2.11. The van der Waals surface area contributed by atoms with E-state index >= 15 is 0 Å². The summed E-state index contributed by atoms with van der Waals surface area (Å²) in [6.07, 6.45) is 7.07. The van der Waals surface area contributed by atoms with Gasteiger partial charge in [-0.25, -0.2) is 0 Å². The Kier molecular flexibility index (Phi) is 8.72. The molecule has 0 aliphatic heterocycles. The van der Waals surface area contributed by atoms with Gasteiger partial charge in [-0.05, 0) is 37.3 Å². The summed E-state index contributed by atoms with van der Waals surface area (Å²) in [5, 5.41) is 8.69. The molecule has 1 N–H and O–H groups in total. The lowest BCUT2D eigenvalue weighted by molar-refractivity contribution is -0.142. The average Bonchev–Trinajstić information content (AvgIpc) is 2.45. The average molecular weight is 278 g/mol. The Balaban J connectivity index is 2.23. The number of aliphatic hydroxyl groups excluding tert-OH is 1. The normalized spacial score (nSPS) is 10.5. The summed E-state index contributed by atoms with van der Waals surface area (Å²) < 4.78 is 4.93. The van der Waals surface area contributed by atoms with E-state index < -0.39 is 0 Å². The fourth-order valence-electron chi connectivity index (χ4n) is 2.17. The first kappa shape index (κ1) is 16.7. The summed E-state index contributed by atoms with van der Waals surface area (Å²) in [5.41, 5.74) is 2.33. The van der Waals surface area contributed by atoms with Gasteiger partial charge in [0.15, 0.2) is 0 Å². The minimum absolute atomic E-state index is 0.163. The third kappa shape index (κ3) is 7.29.